The van der Waals surface area contributed by atoms with Gasteiger partial charge in [-0.25, -0.2) is 0 Å². The maximum absolute atomic E-state index is 12.5. The van der Waals surface area contributed by atoms with Crippen LogP contribution in [0.1, 0.15) is 20.7 Å². The van der Waals surface area contributed by atoms with Crippen LogP contribution in [0.3, 0.4) is 0 Å². The van der Waals surface area contributed by atoms with E-state index < -0.39 is 11.8 Å². The molecule has 0 unspecified atom stereocenters. The van der Waals surface area contributed by atoms with E-state index in [4.69, 9.17) is 0 Å². The van der Waals surface area contributed by atoms with Gasteiger partial charge in [0.15, 0.2) is 0 Å². The average Bonchev–Trinajstić information content (AvgIpc) is 2.83. The summed E-state index contributed by atoms with van der Waals surface area (Å²) in [6, 6.07) is 23.9. The number of hydrogen-bond acceptors (Lipinski definition) is 4. The molecule has 6 nitrogen and oxygen atoms in total. The minimum atomic E-state index is -0.414. The Morgan fingerprint density at radius 1 is 0.559 bits per heavy atom. The molecule has 0 radical (unpaired) electrons. The molecule has 4 rings (SSSR count). The molecule has 0 saturated heterocycles. The minimum Gasteiger partial charge on any atom is -0.507 e. The Morgan fingerprint density at radius 2 is 0.912 bits per heavy atom. The summed E-state index contributed by atoms with van der Waals surface area (Å²) in [6.07, 6.45) is 0. The van der Waals surface area contributed by atoms with Crippen LogP contribution >= 0.6 is 31.9 Å². The molecule has 0 atom stereocenters. The van der Waals surface area contributed by atoms with E-state index in [2.05, 4.69) is 42.5 Å². The van der Waals surface area contributed by atoms with Gasteiger partial charge in [-0.15, -0.1) is 0 Å². The van der Waals surface area contributed by atoms with Crippen molar-refractivity contribution in [2.45, 2.75) is 0 Å². The van der Waals surface area contributed by atoms with E-state index in [9.17, 15) is 19.8 Å². The van der Waals surface area contributed by atoms with Crippen molar-refractivity contribution in [3.63, 3.8) is 0 Å². The van der Waals surface area contributed by atoms with Crippen LogP contribution in [0.5, 0.6) is 11.5 Å². The zero-order valence-corrected chi connectivity index (χ0v) is 20.7. The number of nitrogens with one attached hydrogen (secondary N) is 2. The van der Waals surface area contributed by atoms with Gasteiger partial charge >= 0.3 is 0 Å². The highest BCUT2D eigenvalue weighted by Gasteiger charge is 2.13. The van der Waals surface area contributed by atoms with Crippen molar-refractivity contribution in [2.24, 2.45) is 0 Å². The first-order chi connectivity index (χ1) is 16.3. The number of hydrogen-bond donors (Lipinski definition) is 4. The molecule has 8 heteroatoms. The quantitative estimate of drug-likeness (QED) is 0.208. The van der Waals surface area contributed by atoms with Gasteiger partial charge in [0.25, 0.3) is 11.8 Å². The summed E-state index contributed by atoms with van der Waals surface area (Å²) >= 11 is 6.59. The SMILES string of the molecule is O=C(Nc1ccc(-c2ccc(NC(=O)c3cc(Br)ccc3O)cc2)cc1)c1cc(Br)ccc1O. The molecule has 0 fully saturated rings. The van der Waals surface area contributed by atoms with Crippen molar-refractivity contribution in [1.29, 1.82) is 0 Å². The van der Waals surface area contributed by atoms with E-state index in [0.29, 0.717) is 20.3 Å². The number of carbonyl (C=O) groups is 2. The Morgan fingerprint density at radius 3 is 1.26 bits per heavy atom. The third-order valence-electron chi connectivity index (χ3n) is 5.03. The summed E-state index contributed by atoms with van der Waals surface area (Å²) in [5.74, 6) is -1.02. The number of rotatable bonds is 5. The summed E-state index contributed by atoms with van der Waals surface area (Å²) in [5.41, 5.74) is 3.37. The molecule has 4 N–H and O–H groups in total. The van der Waals surface area contributed by atoms with Gasteiger partial charge in [0.05, 0.1) is 11.1 Å². The summed E-state index contributed by atoms with van der Waals surface area (Å²) in [7, 11) is 0. The largest absolute Gasteiger partial charge is 0.507 e. The van der Waals surface area contributed by atoms with Crippen molar-refractivity contribution < 1.29 is 19.8 Å². The van der Waals surface area contributed by atoms with E-state index in [-0.39, 0.29) is 22.6 Å². The number of anilines is 2. The number of phenols is 2. The van der Waals surface area contributed by atoms with Gasteiger partial charge in [0, 0.05) is 20.3 Å². The Kier molecular flexibility index (Phi) is 7.00. The van der Waals surface area contributed by atoms with Gasteiger partial charge in [-0.3, -0.25) is 9.59 Å². The molecule has 0 spiro atoms. The van der Waals surface area contributed by atoms with E-state index in [0.717, 1.165) is 11.1 Å². The highest BCUT2D eigenvalue weighted by atomic mass is 79.9. The topological polar surface area (TPSA) is 98.7 Å². The van der Waals surface area contributed by atoms with Crippen molar-refractivity contribution in [1.82, 2.24) is 0 Å². The highest BCUT2D eigenvalue weighted by molar-refractivity contribution is 9.10. The van der Waals surface area contributed by atoms with Crippen LogP contribution in [-0.4, -0.2) is 22.0 Å². The molecule has 0 aliphatic rings. The number of aromatic hydroxyl groups is 2. The van der Waals surface area contributed by atoms with E-state index in [1.165, 1.54) is 12.1 Å². The zero-order valence-electron chi connectivity index (χ0n) is 17.5. The summed E-state index contributed by atoms with van der Waals surface area (Å²) < 4.78 is 1.39. The van der Waals surface area contributed by atoms with Crippen LogP contribution in [0.2, 0.25) is 0 Å². The lowest BCUT2D eigenvalue weighted by Gasteiger charge is -2.10. The monoisotopic (exact) mass is 580 g/mol. The fourth-order valence-corrected chi connectivity index (χ4v) is 3.99. The molecule has 0 aromatic heterocycles. The Balaban J connectivity index is 1.43. The van der Waals surface area contributed by atoms with Crippen molar-refractivity contribution in [2.75, 3.05) is 10.6 Å². The molecular weight excluding hydrogens is 564 g/mol. The van der Waals surface area contributed by atoms with Crippen LogP contribution in [0, 0.1) is 0 Å². The van der Waals surface area contributed by atoms with Crippen molar-refractivity contribution >= 4 is 55.0 Å². The highest BCUT2D eigenvalue weighted by Crippen LogP contribution is 2.27. The second-order valence-corrected chi connectivity index (χ2v) is 9.22. The summed E-state index contributed by atoms with van der Waals surface area (Å²) in [5, 5.41) is 25.4. The average molecular weight is 582 g/mol. The molecule has 0 aliphatic heterocycles. The second-order valence-electron chi connectivity index (χ2n) is 7.39. The lowest BCUT2D eigenvalue weighted by atomic mass is 10.0. The minimum absolute atomic E-state index is 0.0976. The molecule has 34 heavy (non-hydrogen) atoms. The van der Waals surface area contributed by atoms with Crippen LogP contribution in [0.15, 0.2) is 93.9 Å². The summed E-state index contributed by atoms with van der Waals surface area (Å²) in [6.45, 7) is 0. The summed E-state index contributed by atoms with van der Waals surface area (Å²) in [4.78, 5) is 24.9. The van der Waals surface area contributed by atoms with Gasteiger partial charge in [-0.05, 0) is 71.8 Å². The normalized spacial score (nSPS) is 10.5. The predicted octanol–water partition coefficient (Wildman–Crippen LogP) is 6.79. The van der Waals surface area contributed by atoms with Gasteiger partial charge < -0.3 is 20.8 Å². The number of benzene rings is 4. The van der Waals surface area contributed by atoms with Gasteiger partial charge in [-0.2, -0.15) is 0 Å². The Bertz CT molecular complexity index is 1260. The van der Waals surface area contributed by atoms with E-state index in [1.54, 1.807) is 48.5 Å². The van der Waals surface area contributed by atoms with E-state index >= 15 is 0 Å². The predicted molar refractivity (Wildman–Crippen MR) is 139 cm³/mol. The lowest BCUT2D eigenvalue weighted by molar-refractivity contribution is 0.101. The molecule has 4 aromatic rings. The third kappa shape index (κ3) is 5.47. The van der Waals surface area contributed by atoms with Crippen LogP contribution in [0.25, 0.3) is 11.1 Å². The zero-order chi connectivity index (χ0) is 24.2. The molecule has 0 saturated carbocycles. The molecule has 0 heterocycles. The van der Waals surface area contributed by atoms with E-state index in [1.807, 2.05) is 24.3 Å². The number of carbonyl (C=O) groups excluding carboxylic acids is 2. The maximum Gasteiger partial charge on any atom is 0.259 e. The second kappa shape index (κ2) is 10.1. The molecular formula is C26H18Br2N2O4. The number of halogens is 2. The maximum atomic E-state index is 12.5. The standard InChI is InChI=1S/C26H18Br2N2O4/c27-17-5-11-23(31)21(13-17)25(33)29-19-7-1-15(2-8-19)16-3-9-20(10-4-16)30-26(34)22-14-18(28)6-12-24(22)32/h1-14,31-32H,(H,29,33)(H,30,34). The molecule has 0 bridgehead atoms. The fourth-order valence-electron chi connectivity index (χ4n) is 3.27. The lowest BCUT2D eigenvalue weighted by Crippen LogP contribution is -2.12. The first kappa shape index (κ1) is 23.5. The smallest absolute Gasteiger partial charge is 0.259 e. The first-order valence-corrected chi connectivity index (χ1v) is 11.7. The number of phenolic OH excluding ortho intramolecular Hbond substituents is 2. The van der Waals surface area contributed by atoms with Gasteiger partial charge in [0.2, 0.25) is 0 Å². The Hall–Kier alpha value is -3.62. The fraction of sp³-hybridized carbons (Fsp3) is 0. The Labute approximate surface area is 212 Å². The van der Waals surface area contributed by atoms with Crippen LogP contribution in [-0.2, 0) is 0 Å². The molecule has 4 aromatic carbocycles. The number of amides is 2. The van der Waals surface area contributed by atoms with Crippen molar-refractivity contribution in [3.05, 3.63) is 105 Å². The molecule has 2 amide bonds. The molecule has 0 aliphatic carbocycles. The third-order valence-corrected chi connectivity index (χ3v) is 6.01. The van der Waals surface area contributed by atoms with Crippen LogP contribution < -0.4 is 10.6 Å². The first-order valence-electron chi connectivity index (χ1n) is 10.1. The van der Waals surface area contributed by atoms with Gasteiger partial charge in [-0.1, -0.05) is 56.1 Å². The van der Waals surface area contributed by atoms with Gasteiger partial charge in [0.1, 0.15) is 11.5 Å². The van der Waals surface area contributed by atoms with Crippen LogP contribution in [0.4, 0.5) is 11.4 Å². The van der Waals surface area contributed by atoms with Crippen molar-refractivity contribution in [3.8, 4) is 22.6 Å². The molecule has 170 valence electrons.